The topological polar surface area (TPSA) is 24.9 Å². The number of methoxy groups -OCH3 is 2. The van der Waals surface area contributed by atoms with Crippen LogP contribution in [-0.4, -0.2) is 65.3 Å². The van der Waals surface area contributed by atoms with Crippen LogP contribution in [-0.2, 0) is 12.8 Å². The smallest absolute Gasteiger partial charge is 0.122 e. The van der Waals surface area contributed by atoms with Crippen LogP contribution in [0.25, 0.3) is 0 Å². The highest BCUT2D eigenvalue weighted by Gasteiger charge is 2.37. The molecule has 1 aliphatic carbocycles. The zero-order chi connectivity index (χ0) is 26.4. The molecule has 2 aromatic carbocycles. The molecule has 1 aliphatic rings. The molecule has 0 aromatic heterocycles. The first-order chi connectivity index (χ1) is 17.1. The van der Waals surface area contributed by atoms with Crippen molar-refractivity contribution in [3.05, 3.63) is 82.5 Å². The Balaban J connectivity index is 2.08. The van der Waals surface area contributed by atoms with Gasteiger partial charge in [0.2, 0.25) is 0 Å². The highest BCUT2D eigenvalue weighted by atomic mass is 16.5. The largest absolute Gasteiger partial charge is 0.496 e. The van der Waals surface area contributed by atoms with Crippen molar-refractivity contribution in [3.63, 3.8) is 0 Å². The molecule has 0 N–H and O–H groups in total. The summed E-state index contributed by atoms with van der Waals surface area (Å²) >= 11 is 0. The third kappa shape index (κ3) is 6.80. The summed E-state index contributed by atoms with van der Waals surface area (Å²) in [6.07, 6.45) is 5.49. The summed E-state index contributed by atoms with van der Waals surface area (Å²) in [5, 5.41) is 0. The summed E-state index contributed by atoms with van der Waals surface area (Å²) in [5.41, 5.74) is 7.86. The molecule has 0 saturated carbocycles. The van der Waals surface area contributed by atoms with Crippen LogP contribution in [0.15, 0.2) is 60.2 Å². The second-order valence-electron chi connectivity index (χ2n) is 11.0. The molecule has 3 rings (SSSR count). The first-order valence-electron chi connectivity index (χ1n) is 13.1. The second-order valence-corrected chi connectivity index (χ2v) is 11.0. The lowest BCUT2D eigenvalue weighted by Gasteiger charge is -2.39. The number of likely N-dealkylation sites (N-methyl/N-ethyl adjacent to an activating group) is 2. The van der Waals surface area contributed by atoms with Gasteiger partial charge in [0.1, 0.15) is 11.5 Å². The molecule has 3 atom stereocenters. The maximum atomic E-state index is 5.91. The minimum atomic E-state index is 0.200. The Kier molecular flexibility index (Phi) is 9.81. The Morgan fingerprint density at radius 1 is 0.861 bits per heavy atom. The summed E-state index contributed by atoms with van der Waals surface area (Å²) in [5.74, 6) is 2.67. The Bertz CT molecular complexity index is 1070. The molecule has 0 saturated heterocycles. The lowest BCUT2D eigenvalue weighted by molar-refractivity contribution is 0.364. The fourth-order valence-electron chi connectivity index (χ4n) is 5.57. The molecule has 0 amide bonds. The molecule has 0 heterocycles. The molecule has 2 aromatic rings. The van der Waals surface area contributed by atoms with E-state index in [0.29, 0.717) is 5.92 Å². The van der Waals surface area contributed by atoms with Crippen LogP contribution >= 0.6 is 0 Å². The van der Waals surface area contributed by atoms with Crippen LogP contribution in [0.4, 0.5) is 0 Å². The number of benzene rings is 2. The second kappa shape index (κ2) is 12.6. The van der Waals surface area contributed by atoms with Gasteiger partial charge in [-0.1, -0.05) is 48.1 Å². The SMILES string of the molecule is C=C(C)[C@H]1[C@H](c2cc(CCN(C)C)ccc2OC)C=C(C)C[C@H]1c1cc(CCN(C)C)ccc1OC. The first kappa shape index (κ1) is 28.0. The van der Waals surface area contributed by atoms with Crippen molar-refractivity contribution in [1.29, 1.82) is 0 Å². The quantitative estimate of drug-likeness (QED) is 0.344. The number of allylic oxidation sites excluding steroid dienone is 3. The van der Waals surface area contributed by atoms with Crippen molar-refractivity contribution >= 4 is 0 Å². The highest BCUT2D eigenvalue weighted by molar-refractivity contribution is 5.48. The molecule has 0 fully saturated rings. The summed E-state index contributed by atoms with van der Waals surface area (Å²) in [4.78, 5) is 4.47. The predicted molar refractivity (Wildman–Crippen MR) is 153 cm³/mol. The van der Waals surface area contributed by atoms with E-state index in [0.717, 1.165) is 43.9 Å². The Labute approximate surface area is 219 Å². The van der Waals surface area contributed by atoms with Gasteiger partial charge >= 0.3 is 0 Å². The van der Waals surface area contributed by atoms with E-state index in [-0.39, 0.29) is 11.8 Å². The summed E-state index contributed by atoms with van der Waals surface area (Å²) in [6, 6.07) is 13.5. The van der Waals surface area contributed by atoms with E-state index in [1.54, 1.807) is 14.2 Å². The van der Waals surface area contributed by atoms with E-state index in [2.05, 4.69) is 101 Å². The van der Waals surface area contributed by atoms with Crippen LogP contribution in [0.3, 0.4) is 0 Å². The van der Waals surface area contributed by atoms with E-state index < -0.39 is 0 Å². The number of hydrogen-bond donors (Lipinski definition) is 0. The Morgan fingerprint density at radius 2 is 1.36 bits per heavy atom. The molecule has 4 heteroatoms. The summed E-state index contributed by atoms with van der Waals surface area (Å²) in [7, 11) is 12.1. The minimum Gasteiger partial charge on any atom is -0.496 e. The third-order valence-electron chi connectivity index (χ3n) is 7.44. The third-order valence-corrected chi connectivity index (χ3v) is 7.44. The molecule has 0 radical (unpaired) electrons. The molecule has 196 valence electrons. The Hall–Kier alpha value is -2.56. The maximum absolute atomic E-state index is 5.91. The van der Waals surface area contributed by atoms with Gasteiger partial charge < -0.3 is 19.3 Å². The van der Waals surface area contributed by atoms with Crippen molar-refractivity contribution in [2.24, 2.45) is 5.92 Å². The lowest BCUT2D eigenvalue weighted by Crippen LogP contribution is -2.26. The number of nitrogens with zero attached hydrogens (tertiary/aromatic N) is 2. The molecule has 0 bridgehead atoms. The van der Waals surface area contributed by atoms with Crippen LogP contribution in [0, 0.1) is 5.92 Å². The molecule has 0 spiro atoms. The van der Waals surface area contributed by atoms with Crippen molar-refractivity contribution < 1.29 is 9.47 Å². The lowest BCUT2D eigenvalue weighted by atomic mass is 9.65. The summed E-state index contributed by atoms with van der Waals surface area (Å²) < 4.78 is 11.8. The van der Waals surface area contributed by atoms with E-state index in [1.807, 2.05) is 0 Å². The molecule has 0 aliphatic heterocycles. The number of ether oxygens (including phenoxy) is 2. The van der Waals surface area contributed by atoms with Gasteiger partial charge in [0.25, 0.3) is 0 Å². The van der Waals surface area contributed by atoms with E-state index in [9.17, 15) is 0 Å². The number of rotatable bonds is 11. The molecule has 36 heavy (non-hydrogen) atoms. The zero-order valence-corrected chi connectivity index (χ0v) is 23.7. The normalized spacial score (nSPS) is 19.9. The van der Waals surface area contributed by atoms with Gasteiger partial charge in [0.05, 0.1) is 14.2 Å². The van der Waals surface area contributed by atoms with Gasteiger partial charge in [0, 0.05) is 24.6 Å². The van der Waals surface area contributed by atoms with Gasteiger partial charge in [-0.15, -0.1) is 0 Å². The van der Waals surface area contributed by atoms with Gasteiger partial charge in [-0.3, -0.25) is 0 Å². The van der Waals surface area contributed by atoms with Gasteiger partial charge in [-0.05, 0) is 102 Å². The highest BCUT2D eigenvalue weighted by Crippen LogP contribution is 2.51. The molecular weight excluding hydrogens is 444 g/mol. The molecular formula is C32H46N2O2. The molecule has 0 unspecified atom stereocenters. The standard InChI is InChI=1S/C32H46N2O2/c1-22(2)32-28(26-20-24(14-16-33(4)5)10-12-30(26)35-8)18-23(3)19-29(32)27-21-25(15-17-34(6)7)11-13-31(27)36-9/h10-13,18,20-21,28-29,32H,1,14-17,19H2,2-9H3/t28-,29-,32-/m0/s1. The van der Waals surface area contributed by atoms with Crippen LogP contribution in [0.5, 0.6) is 11.5 Å². The van der Waals surface area contributed by atoms with Gasteiger partial charge in [-0.25, -0.2) is 0 Å². The predicted octanol–water partition coefficient (Wildman–Crippen LogP) is 6.32. The van der Waals surface area contributed by atoms with Crippen molar-refractivity contribution in [3.8, 4) is 11.5 Å². The van der Waals surface area contributed by atoms with E-state index >= 15 is 0 Å². The van der Waals surface area contributed by atoms with E-state index in [4.69, 9.17) is 9.47 Å². The monoisotopic (exact) mass is 490 g/mol. The zero-order valence-electron chi connectivity index (χ0n) is 23.7. The molecule has 4 nitrogen and oxygen atoms in total. The summed E-state index contributed by atoms with van der Waals surface area (Å²) in [6.45, 7) is 11.0. The van der Waals surface area contributed by atoms with Crippen LogP contribution < -0.4 is 9.47 Å². The fraction of sp³-hybridized carbons (Fsp3) is 0.500. The van der Waals surface area contributed by atoms with Crippen molar-refractivity contribution in [1.82, 2.24) is 9.80 Å². The van der Waals surface area contributed by atoms with Crippen molar-refractivity contribution in [2.75, 3.05) is 55.5 Å². The average Bonchev–Trinajstić information content (AvgIpc) is 2.85. The van der Waals surface area contributed by atoms with Gasteiger partial charge in [0.15, 0.2) is 0 Å². The average molecular weight is 491 g/mol. The van der Waals surface area contributed by atoms with E-state index in [1.165, 1.54) is 33.4 Å². The van der Waals surface area contributed by atoms with Gasteiger partial charge in [-0.2, -0.15) is 0 Å². The first-order valence-corrected chi connectivity index (χ1v) is 13.1. The number of hydrogen-bond acceptors (Lipinski definition) is 4. The fourth-order valence-corrected chi connectivity index (χ4v) is 5.57. The van der Waals surface area contributed by atoms with Crippen molar-refractivity contribution in [2.45, 2.75) is 44.9 Å². The minimum absolute atomic E-state index is 0.200. The van der Waals surface area contributed by atoms with Crippen LogP contribution in [0.2, 0.25) is 0 Å². The van der Waals surface area contributed by atoms with Crippen LogP contribution in [0.1, 0.15) is 54.4 Å². The Morgan fingerprint density at radius 3 is 1.83 bits per heavy atom. The maximum Gasteiger partial charge on any atom is 0.122 e.